The maximum Gasteiger partial charge on any atom is 0.334 e. The molecule has 4 rings (SSSR count). The van der Waals surface area contributed by atoms with Crippen molar-refractivity contribution in [2.24, 2.45) is 5.92 Å². The molecule has 174 valence electrons. The molecule has 0 unspecified atom stereocenters. The number of ether oxygens (including phenoxy) is 3. The van der Waals surface area contributed by atoms with Gasteiger partial charge in [-0.25, -0.2) is 9.59 Å². The molecule has 3 aliphatic heterocycles. The summed E-state index contributed by atoms with van der Waals surface area (Å²) in [5.74, 6) is -2.18. The fourth-order valence-electron chi connectivity index (χ4n) is 4.85. The molecule has 1 aromatic rings. The number of hydrogen-bond acceptors (Lipinski definition) is 7. The number of carbonyl (C=O) groups is 2. The first-order valence-corrected chi connectivity index (χ1v) is 10.9. The lowest BCUT2D eigenvalue weighted by Crippen LogP contribution is -2.41. The van der Waals surface area contributed by atoms with Gasteiger partial charge in [0.15, 0.2) is 11.5 Å². The van der Waals surface area contributed by atoms with Gasteiger partial charge in [-0.2, -0.15) is 0 Å². The molecular weight excluding hydrogens is 424 g/mol. The highest BCUT2D eigenvalue weighted by Gasteiger charge is 2.54. The summed E-state index contributed by atoms with van der Waals surface area (Å²) in [5.41, 5.74) is 1.46. The molecule has 0 radical (unpaired) electrons. The number of aromatic hydroxyl groups is 2. The van der Waals surface area contributed by atoms with Crippen LogP contribution < -0.4 is 0 Å². The Balaban J connectivity index is 1.85. The van der Waals surface area contributed by atoms with Gasteiger partial charge < -0.3 is 24.4 Å². The van der Waals surface area contributed by atoms with Crippen LogP contribution in [-0.4, -0.2) is 40.5 Å². The molecule has 1 fully saturated rings. The lowest BCUT2D eigenvalue weighted by molar-refractivity contribution is -0.153. The molecule has 0 aromatic heterocycles. The number of phenols is 2. The summed E-state index contributed by atoms with van der Waals surface area (Å²) < 4.78 is 18.0. The number of hydrogen-bond donors (Lipinski definition) is 2. The summed E-state index contributed by atoms with van der Waals surface area (Å²) in [5, 5.41) is 20.7. The largest absolute Gasteiger partial charge is 0.504 e. The summed E-state index contributed by atoms with van der Waals surface area (Å²) in [6, 6.07) is 4.69. The highest BCUT2D eigenvalue weighted by molar-refractivity contribution is 5.92. The number of benzene rings is 1. The number of para-hydroxylation sites is 1. The average Bonchev–Trinajstić information content (AvgIpc) is 3.25. The van der Waals surface area contributed by atoms with Gasteiger partial charge in [-0.05, 0) is 51.5 Å². The molecule has 33 heavy (non-hydrogen) atoms. The minimum atomic E-state index is -1.19. The highest BCUT2D eigenvalue weighted by Crippen LogP contribution is 2.50. The average molecular weight is 453 g/mol. The monoisotopic (exact) mass is 452 g/mol. The van der Waals surface area contributed by atoms with Crippen LogP contribution in [0.5, 0.6) is 11.5 Å². The van der Waals surface area contributed by atoms with Crippen LogP contribution in [0.2, 0.25) is 0 Å². The number of rotatable bonds is 3. The van der Waals surface area contributed by atoms with Gasteiger partial charge in [-0.15, -0.1) is 0 Å². The molecule has 7 nitrogen and oxygen atoms in total. The van der Waals surface area contributed by atoms with E-state index < -0.39 is 41.8 Å². The van der Waals surface area contributed by atoms with Gasteiger partial charge in [0.1, 0.15) is 23.9 Å². The van der Waals surface area contributed by atoms with Crippen molar-refractivity contribution in [2.75, 3.05) is 0 Å². The molecule has 7 heteroatoms. The predicted molar refractivity (Wildman–Crippen MR) is 120 cm³/mol. The van der Waals surface area contributed by atoms with Crippen molar-refractivity contribution < 1.29 is 34.0 Å². The van der Waals surface area contributed by atoms with E-state index in [2.05, 4.69) is 6.58 Å². The summed E-state index contributed by atoms with van der Waals surface area (Å²) in [4.78, 5) is 25.2. The van der Waals surface area contributed by atoms with Crippen LogP contribution in [0.25, 0.3) is 0 Å². The fourth-order valence-corrected chi connectivity index (χ4v) is 4.85. The molecule has 0 saturated carbocycles. The zero-order valence-electron chi connectivity index (χ0n) is 19.1. The van der Waals surface area contributed by atoms with E-state index in [4.69, 9.17) is 14.2 Å². The third-order valence-corrected chi connectivity index (χ3v) is 6.61. The van der Waals surface area contributed by atoms with E-state index in [9.17, 15) is 19.8 Å². The molecule has 3 aliphatic rings. The third-order valence-electron chi connectivity index (χ3n) is 6.61. The van der Waals surface area contributed by atoms with E-state index >= 15 is 0 Å². The van der Waals surface area contributed by atoms with Crippen molar-refractivity contribution in [1.82, 2.24) is 0 Å². The summed E-state index contributed by atoms with van der Waals surface area (Å²) in [6.45, 7) is 11.1. The maximum atomic E-state index is 12.6. The topological polar surface area (TPSA) is 102 Å². The molecule has 0 spiro atoms. The first-order valence-electron chi connectivity index (χ1n) is 10.9. The fraction of sp³-hybridized carbons (Fsp3) is 0.385. The van der Waals surface area contributed by atoms with Crippen molar-refractivity contribution in [1.29, 1.82) is 0 Å². The Kier molecular flexibility index (Phi) is 5.70. The number of carbonyl (C=O) groups excluding carboxylic acids is 2. The zero-order chi connectivity index (χ0) is 24.1. The van der Waals surface area contributed by atoms with Crippen molar-refractivity contribution in [3.63, 3.8) is 0 Å². The SMILES string of the molecule is C=C1C(=O)O[C@H]2[C@H]1[C@@H](OC(=O)/C(C)=C/C)C/C(C)=C\[C@@]1(c3cccc(O)c3O)C=C(C)[C@H]2O1. The van der Waals surface area contributed by atoms with Crippen molar-refractivity contribution in [3.8, 4) is 11.5 Å². The van der Waals surface area contributed by atoms with Gasteiger partial charge >= 0.3 is 11.9 Å². The second-order valence-electron chi connectivity index (χ2n) is 8.92. The first kappa shape index (κ1) is 22.9. The van der Waals surface area contributed by atoms with Crippen LogP contribution in [0.15, 0.2) is 65.3 Å². The van der Waals surface area contributed by atoms with Crippen molar-refractivity contribution in [3.05, 3.63) is 70.9 Å². The van der Waals surface area contributed by atoms with Crippen molar-refractivity contribution in [2.45, 2.75) is 58.0 Å². The molecule has 2 bridgehead atoms. The van der Waals surface area contributed by atoms with Gasteiger partial charge in [0.2, 0.25) is 0 Å². The first-order chi connectivity index (χ1) is 15.6. The summed E-state index contributed by atoms with van der Waals surface area (Å²) in [7, 11) is 0. The summed E-state index contributed by atoms with van der Waals surface area (Å²) in [6.07, 6.45) is 3.57. The number of allylic oxidation sites excluding steroid dienone is 1. The highest BCUT2D eigenvalue weighted by atomic mass is 16.6. The zero-order valence-corrected chi connectivity index (χ0v) is 19.1. The normalized spacial score (nSPS) is 33.2. The van der Waals surface area contributed by atoms with E-state index in [1.54, 1.807) is 32.1 Å². The lowest BCUT2D eigenvalue weighted by Gasteiger charge is -2.31. The molecular formula is C26H28O7. The number of fused-ring (bicyclic) bond motifs is 4. The van der Waals surface area contributed by atoms with Crippen LogP contribution in [0.4, 0.5) is 0 Å². The number of esters is 2. The second kappa shape index (κ2) is 8.23. The van der Waals surface area contributed by atoms with Crippen LogP contribution in [-0.2, 0) is 29.4 Å². The van der Waals surface area contributed by atoms with Crippen LogP contribution in [0.3, 0.4) is 0 Å². The number of phenolic OH excluding ortho intramolecular Hbond substituents is 2. The quantitative estimate of drug-likeness (QED) is 0.310. The van der Waals surface area contributed by atoms with Gasteiger partial charge in [0.05, 0.1) is 5.92 Å². The van der Waals surface area contributed by atoms with Gasteiger partial charge in [-0.3, -0.25) is 0 Å². The minimum Gasteiger partial charge on any atom is -0.504 e. The standard InChI is InChI=1S/C26H28O7/c1-6-14(3)24(29)31-19-10-13(2)11-26(17-8-7-9-18(27)21(17)28)12-15(4)22(33-26)23-20(19)16(5)25(30)32-23/h6-9,11-12,19-20,22-23,27-28H,5,10H2,1-4H3/b13-11-,14-6+/t19-,20+,22+,23-,26-/m0/s1. The van der Waals surface area contributed by atoms with Gasteiger partial charge in [-0.1, -0.05) is 30.4 Å². The molecule has 3 heterocycles. The van der Waals surface area contributed by atoms with Crippen LogP contribution >= 0.6 is 0 Å². The Morgan fingerprint density at radius 2 is 2.00 bits per heavy atom. The van der Waals surface area contributed by atoms with E-state index in [1.165, 1.54) is 6.07 Å². The molecule has 1 aromatic carbocycles. The maximum absolute atomic E-state index is 12.6. The van der Waals surface area contributed by atoms with Gasteiger partial charge in [0, 0.05) is 23.1 Å². The van der Waals surface area contributed by atoms with E-state index in [0.717, 1.165) is 11.1 Å². The third kappa shape index (κ3) is 3.76. The van der Waals surface area contributed by atoms with E-state index in [1.807, 2.05) is 26.0 Å². The molecule has 5 atom stereocenters. The molecule has 1 saturated heterocycles. The van der Waals surface area contributed by atoms with Crippen molar-refractivity contribution >= 4 is 11.9 Å². The van der Waals surface area contributed by atoms with E-state index in [-0.39, 0.29) is 17.1 Å². The van der Waals surface area contributed by atoms with Crippen LogP contribution in [0, 0.1) is 5.92 Å². The smallest absolute Gasteiger partial charge is 0.334 e. The Bertz CT molecular complexity index is 1130. The van der Waals surface area contributed by atoms with E-state index in [0.29, 0.717) is 17.6 Å². The second-order valence-corrected chi connectivity index (χ2v) is 8.92. The molecule has 0 aliphatic carbocycles. The lowest BCUT2D eigenvalue weighted by atomic mass is 9.82. The molecule has 0 amide bonds. The predicted octanol–water partition coefficient (Wildman–Crippen LogP) is 3.96. The molecule has 2 N–H and O–H groups in total. The summed E-state index contributed by atoms with van der Waals surface area (Å²) >= 11 is 0. The Morgan fingerprint density at radius 3 is 2.70 bits per heavy atom. The van der Waals surface area contributed by atoms with Gasteiger partial charge in [0.25, 0.3) is 0 Å². The Hall–Kier alpha value is -3.32. The Labute approximate surface area is 192 Å². The minimum absolute atomic E-state index is 0.236. The van der Waals surface area contributed by atoms with Crippen LogP contribution in [0.1, 0.15) is 39.7 Å². The Morgan fingerprint density at radius 1 is 1.27 bits per heavy atom.